The van der Waals surface area contributed by atoms with Crippen LogP contribution in [0.25, 0.3) is 0 Å². The summed E-state index contributed by atoms with van der Waals surface area (Å²) in [7, 11) is 0. The van der Waals surface area contributed by atoms with Gasteiger partial charge in [0.25, 0.3) is 0 Å². The molecule has 1 heterocycles. The molecule has 6 nitrogen and oxygen atoms in total. The molecule has 0 fully saturated rings. The molecule has 0 atom stereocenters. The molecule has 0 aliphatic rings. The molecule has 6 heteroatoms. The van der Waals surface area contributed by atoms with Gasteiger partial charge in [-0.25, -0.2) is 10.6 Å². The van der Waals surface area contributed by atoms with E-state index >= 15 is 0 Å². The van der Waals surface area contributed by atoms with Crippen LogP contribution >= 0.6 is 0 Å². The summed E-state index contributed by atoms with van der Waals surface area (Å²) in [6, 6.07) is 0. The summed E-state index contributed by atoms with van der Waals surface area (Å²) in [4.78, 5) is 15.3. The molecule has 0 aliphatic heterocycles. The number of aromatic amines is 2. The van der Waals surface area contributed by atoms with Crippen LogP contribution in [0.5, 0.6) is 5.88 Å². The first-order chi connectivity index (χ1) is 6.00. The molecule has 0 radical (unpaired) electrons. The van der Waals surface area contributed by atoms with Gasteiger partial charge < -0.3 is 5.11 Å². The van der Waals surface area contributed by atoms with Crippen molar-refractivity contribution in [3.8, 4) is 5.88 Å². The Hall–Kier alpha value is -1.43. The second-order valence-corrected chi connectivity index (χ2v) is 3.32. The predicted molar refractivity (Wildman–Crippen MR) is 49.4 cm³/mol. The van der Waals surface area contributed by atoms with Gasteiger partial charge in [0.1, 0.15) is 0 Å². The van der Waals surface area contributed by atoms with Gasteiger partial charge in [-0.1, -0.05) is 13.8 Å². The smallest absolute Gasteiger partial charge is 0.327 e. The van der Waals surface area contributed by atoms with Gasteiger partial charge in [-0.15, -0.1) is 0 Å². The highest BCUT2D eigenvalue weighted by Crippen LogP contribution is 2.17. The van der Waals surface area contributed by atoms with Crippen molar-refractivity contribution in [3.63, 3.8) is 0 Å². The van der Waals surface area contributed by atoms with Gasteiger partial charge in [0, 0.05) is 6.54 Å². The minimum Gasteiger partial charge on any atom is -0.492 e. The number of nitrogens with two attached hydrogens (primary N) is 1. The lowest BCUT2D eigenvalue weighted by Crippen LogP contribution is -2.35. The molecule has 1 rings (SSSR count). The summed E-state index contributed by atoms with van der Waals surface area (Å²) in [5.74, 6) is 5.94. The Labute approximate surface area is 75.3 Å². The molecule has 0 bridgehead atoms. The zero-order valence-electron chi connectivity index (χ0n) is 7.66. The molecule has 0 saturated carbocycles. The number of anilines is 1. The summed E-state index contributed by atoms with van der Waals surface area (Å²) in [6.07, 6.45) is 0. The molecule has 1 aromatic heterocycles. The van der Waals surface area contributed by atoms with Gasteiger partial charge in [0.05, 0.1) is 0 Å². The quantitative estimate of drug-likeness (QED) is 0.386. The van der Waals surface area contributed by atoms with Crippen molar-refractivity contribution in [3.05, 3.63) is 10.5 Å². The van der Waals surface area contributed by atoms with Crippen molar-refractivity contribution in [1.29, 1.82) is 0 Å². The van der Waals surface area contributed by atoms with Crippen molar-refractivity contribution >= 4 is 5.82 Å². The molecular weight excluding hydrogens is 172 g/mol. The van der Waals surface area contributed by atoms with E-state index in [2.05, 4.69) is 9.97 Å². The Morgan fingerprint density at radius 2 is 2.15 bits per heavy atom. The van der Waals surface area contributed by atoms with E-state index in [0.717, 1.165) is 0 Å². The zero-order chi connectivity index (χ0) is 10.0. The number of nitrogens with zero attached hydrogens (tertiary/aromatic N) is 1. The maximum Gasteiger partial charge on any atom is 0.327 e. The van der Waals surface area contributed by atoms with Gasteiger partial charge in [-0.05, 0) is 5.92 Å². The number of hydrogen-bond donors (Lipinski definition) is 4. The first-order valence-electron chi connectivity index (χ1n) is 4.04. The number of imidazole rings is 1. The lowest BCUT2D eigenvalue weighted by atomic mass is 10.2. The first kappa shape index (κ1) is 9.66. The Morgan fingerprint density at radius 1 is 1.54 bits per heavy atom. The largest absolute Gasteiger partial charge is 0.492 e. The fraction of sp³-hybridized carbons (Fsp3) is 0.571. The van der Waals surface area contributed by atoms with Crippen molar-refractivity contribution in [2.24, 2.45) is 11.8 Å². The van der Waals surface area contributed by atoms with E-state index in [9.17, 15) is 9.90 Å². The third kappa shape index (κ3) is 2.25. The Kier molecular flexibility index (Phi) is 2.62. The summed E-state index contributed by atoms with van der Waals surface area (Å²) in [5, 5.41) is 10.5. The Balaban J connectivity index is 2.82. The van der Waals surface area contributed by atoms with Gasteiger partial charge in [-0.2, -0.15) is 0 Å². The normalized spacial score (nSPS) is 10.8. The van der Waals surface area contributed by atoms with Gasteiger partial charge in [0.15, 0.2) is 5.82 Å². The monoisotopic (exact) mass is 186 g/mol. The van der Waals surface area contributed by atoms with Crippen LogP contribution in [-0.4, -0.2) is 21.6 Å². The number of aromatic hydroxyl groups is 1. The third-order valence-electron chi connectivity index (χ3n) is 1.54. The van der Waals surface area contributed by atoms with Gasteiger partial charge in [0.2, 0.25) is 5.88 Å². The standard InChI is InChI=1S/C7H14N4O2/c1-4(2)3-11(8)5-6(12)10-7(13)9-5/h4,12H,3,8H2,1-2H3,(H2,9,10,13). The number of H-pyrrole nitrogens is 2. The maximum atomic E-state index is 10.7. The molecule has 0 aromatic carbocycles. The fourth-order valence-electron chi connectivity index (χ4n) is 1.06. The van der Waals surface area contributed by atoms with Crippen molar-refractivity contribution in [2.75, 3.05) is 11.6 Å². The minimum absolute atomic E-state index is 0.221. The number of nitrogens with one attached hydrogen (secondary N) is 2. The molecule has 5 N–H and O–H groups in total. The fourth-order valence-corrected chi connectivity index (χ4v) is 1.06. The lowest BCUT2D eigenvalue weighted by Gasteiger charge is -2.18. The van der Waals surface area contributed by atoms with Crippen LogP contribution in [0.15, 0.2) is 4.79 Å². The molecule has 0 amide bonds. The molecule has 13 heavy (non-hydrogen) atoms. The van der Waals surface area contributed by atoms with E-state index in [1.165, 1.54) is 5.01 Å². The number of rotatable bonds is 3. The van der Waals surface area contributed by atoms with E-state index in [4.69, 9.17) is 5.84 Å². The van der Waals surface area contributed by atoms with Crippen LogP contribution < -0.4 is 16.5 Å². The molecule has 1 aromatic rings. The number of hydrogen-bond acceptors (Lipinski definition) is 4. The summed E-state index contributed by atoms with van der Waals surface area (Å²) < 4.78 is 0. The number of hydrazine groups is 1. The summed E-state index contributed by atoms with van der Waals surface area (Å²) >= 11 is 0. The highest BCUT2D eigenvalue weighted by molar-refractivity contribution is 5.45. The molecule has 0 unspecified atom stereocenters. The highest BCUT2D eigenvalue weighted by atomic mass is 16.3. The van der Waals surface area contributed by atoms with Crippen molar-refractivity contribution in [2.45, 2.75) is 13.8 Å². The van der Waals surface area contributed by atoms with Crippen LogP contribution in [0.1, 0.15) is 13.8 Å². The zero-order valence-corrected chi connectivity index (χ0v) is 7.66. The molecule has 0 aliphatic carbocycles. The summed E-state index contributed by atoms with van der Waals surface area (Å²) in [5.41, 5.74) is -0.466. The van der Waals surface area contributed by atoms with Crippen LogP contribution in [0.2, 0.25) is 0 Å². The molecular formula is C7H14N4O2. The van der Waals surface area contributed by atoms with E-state index in [1.807, 2.05) is 13.8 Å². The van der Waals surface area contributed by atoms with Crippen molar-refractivity contribution < 1.29 is 5.11 Å². The van der Waals surface area contributed by atoms with Gasteiger partial charge >= 0.3 is 5.69 Å². The van der Waals surface area contributed by atoms with E-state index < -0.39 is 5.69 Å². The lowest BCUT2D eigenvalue weighted by molar-refractivity contribution is 0.453. The second-order valence-electron chi connectivity index (χ2n) is 3.32. The Morgan fingerprint density at radius 3 is 2.54 bits per heavy atom. The second kappa shape index (κ2) is 3.53. The SMILES string of the molecule is CC(C)CN(N)c1[nH]c(=O)[nH]c1O. The molecule has 0 saturated heterocycles. The maximum absolute atomic E-state index is 10.7. The number of aromatic nitrogens is 2. The molecule has 0 spiro atoms. The third-order valence-corrected chi connectivity index (χ3v) is 1.54. The average molecular weight is 186 g/mol. The Bertz CT molecular complexity index is 327. The minimum atomic E-state index is -0.466. The molecule has 74 valence electrons. The van der Waals surface area contributed by atoms with Crippen LogP contribution in [0, 0.1) is 5.92 Å². The van der Waals surface area contributed by atoms with E-state index in [-0.39, 0.29) is 11.7 Å². The van der Waals surface area contributed by atoms with Crippen LogP contribution in [0.3, 0.4) is 0 Å². The highest BCUT2D eigenvalue weighted by Gasteiger charge is 2.11. The van der Waals surface area contributed by atoms with E-state index in [0.29, 0.717) is 12.5 Å². The van der Waals surface area contributed by atoms with Gasteiger partial charge in [-0.3, -0.25) is 15.0 Å². The topological polar surface area (TPSA) is 98.1 Å². The summed E-state index contributed by atoms with van der Waals surface area (Å²) in [6.45, 7) is 4.53. The predicted octanol–water partition coefficient (Wildman–Crippen LogP) is -0.255. The van der Waals surface area contributed by atoms with Crippen LogP contribution in [-0.2, 0) is 0 Å². The van der Waals surface area contributed by atoms with Crippen LogP contribution in [0.4, 0.5) is 5.82 Å². The first-order valence-corrected chi connectivity index (χ1v) is 4.04. The average Bonchev–Trinajstić information content (AvgIpc) is 2.28. The van der Waals surface area contributed by atoms with E-state index in [1.54, 1.807) is 0 Å². The van der Waals surface area contributed by atoms with Crippen molar-refractivity contribution in [1.82, 2.24) is 9.97 Å².